The van der Waals surface area contributed by atoms with Gasteiger partial charge in [0.1, 0.15) is 5.69 Å². The fraction of sp³-hybridized carbons (Fsp3) is 0.524. The standard InChI is InChI=1S/C21H28N4O/c1-16-18(14-17-6-3-2-4-7-17)9-12-24(16)21(26)20-10-13-25(23-20)19-8-5-11-22-15-19/h2-4,6-7,10,13,16,18-19,22H,5,8-9,11-12,14-15H2,1H3. The van der Waals surface area contributed by atoms with Crippen molar-refractivity contribution in [2.75, 3.05) is 19.6 Å². The molecule has 3 atom stereocenters. The number of carbonyl (C=O) groups excluding carboxylic acids is 1. The smallest absolute Gasteiger partial charge is 0.274 e. The number of nitrogens with one attached hydrogen (secondary N) is 1. The molecule has 1 N–H and O–H groups in total. The molecule has 1 aromatic heterocycles. The zero-order valence-electron chi connectivity index (χ0n) is 15.5. The highest BCUT2D eigenvalue weighted by Gasteiger charge is 2.35. The molecule has 1 amide bonds. The second-order valence-corrected chi connectivity index (χ2v) is 7.66. The second-order valence-electron chi connectivity index (χ2n) is 7.66. The molecular weight excluding hydrogens is 324 g/mol. The summed E-state index contributed by atoms with van der Waals surface area (Å²) >= 11 is 0. The van der Waals surface area contributed by atoms with Gasteiger partial charge in [0.15, 0.2) is 0 Å². The third-order valence-corrected chi connectivity index (χ3v) is 5.99. The number of piperidine rings is 1. The van der Waals surface area contributed by atoms with Crippen molar-refractivity contribution in [1.29, 1.82) is 0 Å². The van der Waals surface area contributed by atoms with Gasteiger partial charge in [0.2, 0.25) is 0 Å². The Balaban J connectivity index is 1.41. The van der Waals surface area contributed by atoms with E-state index in [1.54, 1.807) is 0 Å². The Kier molecular flexibility index (Phi) is 5.07. The maximum absolute atomic E-state index is 13.0. The minimum atomic E-state index is 0.0792. The summed E-state index contributed by atoms with van der Waals surface area (Å²) in [5.74, 6) is 0.599. The number of rotatable bonds is 4. The van der Waals surface area contributed by atoms with Gasteiger partial charge >= 0.3 is 0 Å². The number of likely N-dealkylation sites (tertiary alicyclic amines) is 1. The van der Waals surface area contributed by atoms with Gasteiger partial charge in [-0.3, -0.25) is 9.48 Å². The van der Waals surface area contributed by atoms with Gasteiger partial charge in [-0.15, -0.1) is 0 Å². The van der Waals surface area contributed by atoms with E-state index in [-0.39, 0.29) is 11.9 Å². The van der Waals surface area contributed by atoms with Gasteiger partial charge in [-0.2, -0.15) is 5.10 Å². The Morgan fingerprint density at radius 2 is 2.08 bits per heavy atom. The summed E-state index contributed by atoms with van der Waals surface area (Å²) in [6.07, 6.45) is 6.36. The van der Waals surface area contributed by atoms with Gasteiger partial charge in [-0.1, -0.05) is 30.3 Å². The Bertz CT molecular complexity index is 735. The van der Waals surface area contributed by atoms with Gasteiger partial charge < -0.3 is 10.2 Å². The molecule has 0 spiro atoms. The Hall–Kier alpha value is -2.14. The lowest BCUT2D eigenvalue weighted by Crippen LogP contribution is -2.37. The summed E-state index contributed by atoms with van der Waals surface area (Å²) in [4.78, 5) is 15.0. The van der Waals surface area contributed by atoms with Gasteiger partial charge in [0, 0.05) is 25.3 Å². The molecule has 1 aromatic carbocycles. The average molecular weight is 352 g/mol. The SMILES string of the molecule is CC1C(Cc2ccccc2)CCN1C(=O)c1ccn(C2CCCNC2)n1. The van der Waals surface area contributed by atoms with E-state index in [0.717, 1.165) is 45.3 Å². The molecular formula is C21H28N4O. The van der Waals surface area contributed by atoms with E-state index in [9.17, 15) is 4.79 Å². The van der Waals surface area contributed by atoms with Crippen LogP contribution in [0.2, 0.25) is 0 Å². The molecule has 0 saturated carbocycles. The van der Waals surface area contributed by atoms with Crippen molar-refractivity contribution in [3.05, 3.63) is 53.9 Å². The maximum atomic E-state index is 13.0. The maximum Gasteiger partial charge on any atom is 0.274 e. The number of hydrogen-bond donors (Lipinski definition) is 1. The average Bonchev–Trinajstić information content (AvgIpc) is 3.31. The monoisotopic (exact) mass is 352 g/mol. The highest BCUT2D eigenvalue weighted by atomic mass is 16.2. The highest BCUT2D eigenvalue weighted by molar-refractivity contribution is 5.92. The minimum Gasteiger partial charge on any atom is -0.334 e. The third kappa shape index (κ3) is 3.54. The number of nitrogens with zero attached hydrogens (tertiary/aromatic N) is 3. The van der Waals surface area contributed by atoms with Gasteiger partial charge in [-0.25, -0.2) is 0 Å². The lowest BCUT2D eigenvalue weighted by molar-refractivity contribution is 0.0724. The van der Waals surface area contributed by atoms with Crippen LogP contribution >= 0.6 is 0 Å². The van der Waals surface area contributed by atoms with Crippen LogP contribution in [-0.4, -0.2) is 46.3 Å². The van der Waals surface area contributed by atoms with Crippen molar-refractivity contribution in [1.82, 2.24) is 20.0 Å². The molecule has 2 fully saturated rings. The van der Waals surface area contributed by atoms with E-state index in [0.29, 0.717) is 17.7 Å². The first-order chi connectivity index (χ1) is 12.7. The molecule has 2 aliphatic rings. The number of benzene rings is 1. The summed E-state index contributed by atoms with van der Waals surface area (Å²) in [5.41, 5.74) is 1.94. The Labute approximate surface area is 155 Å². The Morgan fingerprint density at radius 3 is 2.85 bits per heavy atom. The first kappa shape index (κ1) is 17.3. The van der Waals surface area contributed by atoms with Crippen LogP contribution in [0.5, 0.6) is 0 Å². The van der Waals surface area contributed by atoms with E-state index in [1.165, 1.54) is 5.56 Å². The largest absolute Gasteiger partial charge is 0.334 e. The molecule has 4 rings (SSSR count). The molecule has 26 heavy (non-hydrogen) atoms. The van der Waals surface area contributed by atoms with Crippen LogP contribution in [0, 0.1) is 5.92 Å². The predicted octanol–water partition coefficient (Wildman–Crippen LogP) is 2.90. The van der Waals surface area contributed by atoms with Crippen LogP contribution < -0.4 is 5.32 Å². The van der Waals surface area contributed by atoms with Crippen LogP contribution in [0.1, 0.15) is 48.3 Å². The molecule has 3 unspecified atom stereocenters. The summed E-state index contributed by atoms with van der Waals surface area (Å²) in [7, 11) is 0. The molecule has 2 aliphatic heterocycles. The lowest BCUT2D eigenvalue weighted by atomic mass is 9.93. The first-order valence-corrected chi connectivity index (χ1v) is 9.83. The van der Waals surface area contributed by atoms with E-state index >= 15 is 0 Å². The zero-order valence-corrected chi connectivity index (χ0v) is 15.5. The predicted molar refractivity (Wildman–Crippen MR) is 102 cm³/mol. The fourth-order valence-corrected chi connectivity index (χ4v) is 4.34. The second kappa shape index (κ2) is 7.62. The van der Waals surface area contributed by atoms with Crippen molar-refractivity contribution in [3.63, 3.8) is 0 Å². The van der Waals surface area contributed by atoms with Crippen LogP contribution in [0.15, 0.2) is 42.6 Å². The van der Waals surface area contributed by atoms with E-state index in [2.05, 4.69) is 47.7 Å². The van der Waals surface area contributed by atoms with Crippen LogP contribution in [0.4, 0.5) is 0 Å². The fourth-order valence-electron chi connectivity index (χ4n) is 4.34. The van der Waals surface area contributed by atoms with Crippen molar-refractivity contribution in [2.24, 2.45) is 5.92 Å². The molecule has 0 bridgehead atoms. The lowest BCUT2D eigenvalue weighted by Gasteiger charge is -2.25. The summed E-state index contributed by atoms with van der Waals surface area (Å²) in [5, 5.41) is 8.01. The molecule has 3 heterocycles. The van der Waals surface area contributed by atoms with Gasteiger partial charge in [0.05, 0.1) is 6.04 Å². The van der Waals surface area contributed by atoms with E-state index in [4.69, 9.17) is 0 Å². The number of aromatic nitrogens is 2. The highest BCUT2D eigenvalue weighted by Crippen LogP contribution is 2.28. The quantitative estimate of drug-likeness (QED) is 0.920. The van der Waals surface area contributed by atoms with E-state index < -0.39 is 0 Å². The van der Waals surface area contributed by atoms with Crippen LogP contribution in [0.3, 0.4) is 0 Å². The molecule has 5 heteroatoms. The molecule has 5 nitrogen and oxygen atoms in total. The van der Waals surface area contributed by atoms with Crippen molar-refractivity contribution < 1.29 is 4.79 Å². The Morgan fingerprint density at radius 1 is 1.23 bits per heavy atom. The van der Waals surface area contributed by atoms with Gasteiger partial charge in [-0.05, 0) is 56.7 Å². The normalized spacial score (nSPS) is 26.2. The van der Waals surface area contributed by atoms with Crippen molar-refractivity contribution in [2.45, 2.75) is 44.7 Å². The summed E-state index contributed by atoms with van der Waals surface area (Å²) in [6, 6.07) is 13.1. The minimum absolute atomic E-state index is 0.0792. The summed E-state index contributed by atoms with van der Waals surface area (Å²) in [6.45, 7) is 5.03. The third-order valence-electron chi connectivity index (χ3n) is 5.99. The van der Waals surface area contributed by atoms with Crippen molar-refractivity contribution >= 4 is 5.91 Å². The van der Waals surface area contributed by atoms with Crippen molar-refractivity contribution in [3.8, 4) is 0 Å². The molecule has 2 aromatic rings. The first-order valence-electron chi connectivity index (χ1n) is 9.83. The van der Waals surface area contributed by atoms with Crippen LogP contribution in [-0.2, 0) is 6.42 Å². The molecule has 0 radical (unpaired) electrons. The van der Waals surface area contributed by atoms with Gasteiger partial charge in [0.25, 0.3) is 5.91 Å². The number of amides is 1. The molecule has 2 saturated heterocycles. The molecule has 138 valence electrons. The zero-order chi connectivity index (χ0) is 17.9. The number of hydrogen-bond acceptors (Lipinski definition) is 3. The molecule has 0 aliphatic carbocycles. The summed E-state index contributed by atoms with van der Waals surface area (Å²) < 4.78 is 1.97. The van der Waals surface area contributed by atoms with E-state index in [1.807, 2.05) is 21.8 Å². The van der Waals surface area contributed by atoms with Crippen LogP contribution in [0.25, 0.3) is 0 Å². The number of carbonyl (C=O) groups is 1. The topological polar surface area (TPSA) is 50.2 Å².